The largest absolute Gasteiger partial charge is 0.508 e. The highest BCUT2D eigenvalue weighted by molar-refractivity contribution is 5.74. The number of phenols is 4. The van der Waals surface area contributed by atoms with Crippen LogP contribution in [0.3, 0.4) is 0 Å². The van der Waals surface area contributed by atoms with Gasteiger partial charge in [-0.1, -0.05) is 30.4 Å². The Bertz CT molecular complexity index is 975. The van der Waals surface area contributed by atoms with E-state index in [9.17, 15) is 20.4 Å². The van der Waals surface area contributed by atoms with Gasteiger partial charge in [0.05, 0.1) is 7.11 Å². The molecule has 0 radical (unpaired) electrons. The van der Waals surface area contributed by atoms with Gasteiger partial charge in [0.25, 0.3) is 0 Å². The number of ether oxygens (including phenoxy) is 1. The van der Waals surface area contributed by atoms with Gasteiger partial charge in [0, 0.05) is 18.1 Å². The standard InChI is InChI=1S/C22H20O5/c1-27-22-11-15(5-9-20(22)25)2-6-16-12-18(24)13-21(26)19(16)10-14-3-7-17(23)8-4-14/h2-9,11-13,23-26H,10H2,1H3/b6-2+. The van der Waals surface area contributed by atoms with E-state index in [0.717, 1.165) is 11.1 Å². The van der Waals surface area contributed by atoms with E-state index in [4.69, 9.17) is 4.74 Å². The first-order valence-corrected chi connectivity index (χ1v) is 8.34. The molecule has 5 nitrogen and oxygen atoms in total. The molecule has 0 heterocycles. The van der Waals surface area contributed by atoms with Crippen LogP contribution in [0.1, 0.15) is 22.3 Å². The molecule has 27 heavy (non-hydrogen) atoms. The highest BCUT2D eigenvalue weighted by atomic mass is 16.5. The summed E-state index contributed by atoms with van der Waals surface area (Å²) in [5.41, 5.74) is 3.02. The molecule has 0 saturated heterocycles. The van der Waals surface area contributed by atoms with Gasteiger partial charge in [-0.05, 0) is 47.0 Å². The molecule has 3 aromatic carbocycles. The minimum absolute atomic E-state index is 0.00832. The summed E-state index contributed by atoms with van der Waals surface area (Å²) in [6, 6.07) is 14.6. The molecule has 3 aromatic rings. The van der Waals surface area contributed by atoms with Crippen LogP contribution in [0.4, 0.5) is 0 Å². The molecule has 0 aliphatic carbocycles. The summed E-state index contributed by atoms with van der Waals surface area (Å²) in [6.45, 7) is 0. The number of hydrogen-bond donors (Lipinski definition) is 4. The van der Waals surface area contributed by atoms with Crippen LogP contribution in [0.2, 0.25) is 0 Å². The van der Waals surface area contributed by atoms with Crippen LogP contribution >= 0.6 is 0 Å². The quantitative estimate of drug-likeness (QED) is 0.508. The molecule has 0 aliphatic rings. The van der Waals surface area contributed by atoms with Crippen LogP contribution in [0, 0.1) is 0 Å². The van der Waals surface area contributed by atoms with Gasteiger partial charge in [0.1, 0.15) is 17.2 Å². The molecule has 138 valence electrons. The first-order chi connectivity index (χ1) is 13.0. The van der Waals surface area contributed by atoms with Crippen LogP contribution in [0.25, 0.3) is 12.2 Å². The van der Waals surface area contributed by atoms with Crippen molar-refractivity contribution in [3.8, 4) is 28.7 Å². The fraction of sp³-hybridized carbons (Fsp3) is 0.0909. The van der Waals surface area contributed by atoms with Crippen molar-refractivity contribution in [3.63, 3.8) is 0 Å². The summed E-state index contributed by atoms with van der Waals surface area (Å²) in [5.74, 6) is 0.545. The lowest BCUT2D eigenvalue weighted by molar-refractivity contribution is 0.373. The van der Waals surface area contributed by atoms with Gasteiger partial charge in [-0.15, -0.1) is 0 Å². The van der Waals surface area contributed by atoms with Gasteiger partial charge in [0.2, 0.25) is 0 Å². The summed E-state index contributed by atoms with van der Waals surface area (Å²) < 4.78 is 5.10. The Morgan fingerprint density at radius 3 is 2.22 bits per heavy atom. The molecule has 3 rings (SSSR count). The molecule has 0 amide bonds. The summed E-state index contributed by atoms with van der Waals surface area (Å²) >= 11 is 0. The molecule has 0 aromatic heterocycles. The lowest BCUT2D eigenvalue weighted by atomic mass is 9.97. The average molecular weight is 364 g/mol. The van der Waals surface area contributed by atoms with Crippen molar-refractivity contribution in [3.05, 3.63) is 76.9 Å². The number of phenolic OH excluding ortho intramolecular Hbond substituents is 4. The minimum Gasteiger partial charge on any atom is -0.508 e. The van der Waals surface area contributed by atoms with Crippen molar-refractivity contribution in [2.75, 3.05) is 7.11 Å². The van der Waals surface area contributed by atoms with E-state index < -0.39 is 0 Å². The number of rotatable bonds is 5. The van der Waals surface area contributed by atoms with Crippen LogP contribution in [0.5, 0.6) is 28.7 Å². The fourth-order valence-electron chi connectivity index (χ4n) is 2.81. The summed E-state index contributed by atoms with van der Waals surface area (Å²) in [7, 11) is 1.48. The van der Waals surface area contributed by atoms with Crippen LogP contribution in [-0.2, 0) is 6.42 Å². The smallest absolute Gasteiger partial charge is 0.161 e. The van der Waals surface area contributed by atoms with E-state index in [-0.39, 0.29) is 23.0 Å². The van der Waals surface area contributed by atoms with E-state index in [0.29, 0.717) is 23.3 Å². The van der Waals surface area contributed by atoms with Crippen molar-refractivity contribution in [2.24, 2.45) is 0 Å². The molecule has 4 N–H and O–H groups in total. The lowest BCUT2D eigenvalue weighted by Crippen LogP contribution is -1.93. The Morgan fingerprint density at radius 2 is 1.52 bits per heavy atom. The number of benzene rings is 3. The SMILES string of the molecule is COc1cc(/C=C/c2cc(O)cc(O)c2Cc2ccc(O)cc2)ccc1O. The zero-order valence-electron chi connectivity index (χ0n) is 14.8. The normalized spacial score (nSPS) is 11.0. The van der Waals surface area contributed by atoms with Crippen molar-refractivity contribution < 1.29 is 25.2 Å². The Hall–Kier alpha value is -3.60. The van der Waals surface area contributed by atoms with Crippen molar-refractivity contribution >= 4 is 12.2 Å². The monoisotopic (exact) mass is 364 g/mol. The second-order valence-electron chi connectivity index (χ2n) is 6.14. The van der Waals surface area contributed by atoms with Gasteiger partial charge in [0.15, 0.2) is 11.5 Å². The third kappa shape index (κ3) is 4.33. The third-order valence-corrected chi connectivity index (χ3v) is 4.22. The molecule has 0 bridgehead atoms. The van der Waals surface area contributed by atoms with Crippen LogP contribution in [-0.4, -0.2) is 27.5 Å². The maximum atomic E-state index is 10.3. The first kappa shape index (κ1) is 18.2. The molecule has 0 atom stereocenters. The molecule has 5 heteroatoms. The van der Waals surface area contributed by atoms with E-state index in [2.05, 4.69) is 0 Å². The number of hydrogen-bond acceptors (Lipinski definition) is 5. The molecule has 0 aliphatic heterocycles. The summed E-state index contributed by atoms with van der Waals surface area (Å²) in [4.78, 5) is 0. The fourth-order valence-corrected chi connectivity index (χ4v) is 2.81. The van der Waals surface area contributed by atoms with Crippen molar-refractivity contribution in [1.29, 1.82) is 0 Å². The number of methoxy groups -OCH3 is 1. The maximum absolute atomic E-state index is 10.3. The van der Waals surface area contributed by atoms with Crippen LogP contribution < -0.4 is 4.74 Å². The van der Waals surface area contributed by atoms with Crippen LogP contribution in [0.15, 0.2) is 54.6 Å². The second kappa shape index (κ2) is 7.74. The number of aromatic hydroxyl groups is 4. The predicted octanol–water partition coefficient (Wildman–Crippen LogP) is 4.28. The Morgan fingerprint density at radius 1 is 0.778 bits per heavy atom. The Balaban J connectivity index is 1.95. The van der Waals surface area contributed by atoms with Gasteiger partial charge in [-0.3, -0.25) is 0 Å². The van der Waals surface area contributed by atoms with E-state index in [1.54, 1.807) is 54.6 Å². The summed E-state index contributed by atoms with van der Waals surface area (Å²) in [6.07, 6.45) is 4.02. The Labute approximate surface area is 157 Å². The lowest BCUT2D eigenvalue weighted by Gasteiger charge is -2.10. The molecule has 0 saturated carbocycles. The average Bonchev–Trinajstić information content (AvgIpc) is 2.65. The first-order valence-electron chi connectivity index (χ1n) is 8.34. The van der Waals surface area contributed by atoms with E-state index >= 15 is 0 Å². The van der Waals surface area contributed by atoms with E-state index in [1.165, 1.54) is 19.2 Å². The highest BCUT2D eigenvalue weighted by Gasteiger charge is 2.10. The zero-order valence-corrected chi connectivity index (χ0v) is 14.8. The minimum atomic E-state index is -0.0371. The third-order valence-electron chi connectivity index (χ3n) is 4.22. The van der Waals surface area contributed by atoms with Gasteiger partial charge in [-0.2, -0.15) is 0 Å². The molecule has 0 spiro atoms. The maximum Gasteiger partial charge on any atom is 0.161 e. The predicted molar refractivity (Wildman–Crippen MR) is 104 cm³/mol. The van der Waals surface area contributed by atoms with Gasteiger partial charge < -0.3 is 25.2 Å². The second-order valence-corrected chi connectivity index (χ2v) is 6.14. The topological polar surface area (TPSA) is 90.2 Å². The van der Waals surface area contributed by atoms with E-state index in [1.807, 2.05) is 0 Å². The molecule has 0 fully saturated rings. The highest BCUT2D eigenvalue weighted by Crippen LogP contribution is 2.32. The molecule has 0 unspecified atom stereocenters. The van der Waals surface area contributed by atoms with Gasteiger partial charge >= 0.3 is 0 Å². The molecular weight excluding hydrogens is 344 g/mol. The molecular formula is C22H20O5. The van der Waals surface area contributed by atoms with Gasteiger partial charge in [-0.25, -0.2) is 0 Å². The van der Waals surface area contributed by atoms with Crippen molar-refractivity contribution in [2.45, 2.75) is 6.42 Å². The summed E-state index contributed by atoms with van der Waals surface area (Å²) in [5, 5.41) is 39.3. The van der Waals surface area contributed by atoms with Crippen molar-refractivity contribution in [1.82, 2.24) is 0 Å². The Kier molecular flexibility index (Phi) is 5.22. The zero-order chi connectivity index (χ0) is 19.4.